The number of hydrogen-bond donors (Lipinski definition) is 2. The van der Waals surface area contributed by atoms with E-state index in [9.17, 15) is 10.2 Å². The summed E-state index contributed by atoms with van der Waals surface area (Å²) in [4.78, 5) is 0. The predicted octanol–water partition coefficient (Wildman–Crippen LogP) is 6.44. The molecule has 2 N–H and O–H groups in total. The van der Waals surface area contributed by atoms with Crippen molar-refractivity contribution in [2.75, 3.05) is 6.61 Å². The minimum atomic E-state index is -0.0243. The van der Waals surface area contributed by atoms with Crippen molar-refractivity contribution < 1.29 is 10.2 Å². The van der Waals surface area contributed by atoms with Gasteiger partial charge in [-0.15, -0.1) is 0 Å². The van der Waals surface area contributed by atoms with E-state index in [1.165, 1.54) is 64.2 Å². The smallest absolute Gasteiger partial charge is 0.0543 e. The fourth-order valence-electron chi connectivity index (χ4n) is 9.29. The fraction of sp³-hybridized carbons (Fsp3) is 1.00. The van der Waals surface area contributed by atoms with Gasteiger partial charge in [0.1, 0.15) is 0 Å². The quantitative estimate of drug-likeness (QED) is 0.534. The molecule has 0 amide bonds. The number of hydrogen-bond acceptors (Lipinski definition) is 2. The van der Waals surface area contributed by atoms with Gasteiger partial charge < -0.3 is 10.2 Å². The molecule has 4 rings (SSSR count). The first-order chi connectivity index (χ1) is 13.8. The highest BCUT2D eigenvalue weighted by atomic mass is 16.3. The fourth-order valence-corrected chi connectivity index (χ4v) is 9.29. The van der Waals surface area contributed by atoms with Gasteiger partial charge in [-0.2, -0.15) is 0 Å². The molecular weight excluding hydrogens is 356 g/mol. The Morgan fingerprint density at radius 1 is 0.862 bits per heavy atom. The van der Waals surface area contributed by atoms with Crippen LogP contribution in [-0.2, 0) is 0 Å². The Labute approximate surface area is 180 Å². The summed E-state index contributed by atoms with van der Waals surface area (Å²) >= 11 is 0. The van der Waals surface area contributed by atoms with Crippen LogP contribution >= 0.6 is 0 Å². The van der Waals surface area contributed by atoms with Gasteiger partial charge in [0.05, 0.1) is 6.10 Å². The van der Waals surface area contributed by atoms with Gasteiger partial charge in [0.2, 0.25) is 0 Å². The Morgan fingerprint density at radius 2 is 1.59 bits per heavy atom. The number of aliphatic hydroxyl groups is 2. The maximum absolute atomic E-state index is 10.3. The Balaban J connectivity index is 1.43. The topological polar surface area (TPSA) is 40.5 Å². The number of fused-ring (bicyclic) bond motifs is 5. The summed E-state index contributed by atoms with van der Waals surface area (Å²) in [5.74, 6) is 5.83. The summed E-state index contributed by atoms with van der Waals surface area (Å²) in [7, 11) is 0. The van der Waals surface area contributed by atoms with E-state index in [2.05, 4.69) is 27.7 Å². The van der Waals surface area contributed by atoms with Crippen LogP contribution in [0, 0.1) is 52.3 Å². The molecule has 168 valence electrons. The SMILES string of the molecule is CC(CO)CCC[C@@H](C)[C@H]1CC[C@H]2[C@@H]3CCC4C[C@H](O)CC[C@]4(C)[C@H]3CC[C@]12C. The second kappa shape index (κ2) is 8.45. The molecular formula is C27H48O2. The summed E-state index contributed by atoms with van der Waals surface area (Å²) in [5, 5.41) is 19.6. The molecule has 0 bridgehead atoms. The molecule has 10 atom stereocenters. The molecule has 0 spiro atoms. The molecule has 4 aliphatic carbocycles. The third kappa shape index (κ3) is 3.84. The molecule has 4 aliphatic rings. The lowest BCUT2D eigenvalue weighted by molar-refractivity contribution is -0.129. The van der Waals surface area contributed by atoms with Crippen molar-refractivity contribution in [1.29, 1.82) is 0 Å². The van der Waals surface area contributed by atoms with Crippen molar-refractivity contribution in [1.82, 2.24) is 0 Å². The molecule has 0 aromatic rings. The molecule has 2 heteroatoms. The summed E-state index contributed by atoms with van der Waals surface area (Å²) in [5.41, 5.74) is 1.08. The minimum Gasteiger partial charge on any atom is -0.396 e. The van der Waals surface area contributed by atoms with Crippen LogP contribution in [0.4, 0.5) is 0 Å². The summed E-state index contributed by atoms with van der Waals surface area (Å²) in [6.07, 6.45) is 15.8. The Kier molecular flexibility index (Phi) is 6.45. The number of aliphatic hydroxyl groups excluding tert-OH is 2. The van der Waals surface area contributed by atoms with Crippen LogP contribution < -0.4 is 0 Å². The highest BCUT2D eigenvalue weighted by Crippen LogP contribution is 2.68. The van der Waals surface area contributed by atoms with Crippen molar-refractivity contribution in [3.8, 4) is 0 Å². The molecule has 0 aromatic heterocycles. The van der Waals surface area contributed by atoms with E-state index in [1.807, 2.05) is 0 Å². The molecule has 4 saturated carbocycles. The zero-order chi connectivity index (χ0) is 20.8. The maximum atomic E-state index is 10.3. The van der Waals surface area contributed by atoms with Crippen LogP contribution in [-0.4, -0.2) is 22.9 Å². The van der Waals surface area contributed by atoms with Gasteiger partial charge in [-0.1, -0.05) is 40.5 Å². The van der Waals surface area contributed by atoms with Crippen molar-refractivity contribution >= 4 is 0 Å². The van der Waals surface area contributed by atoms with Crippen molar-refractivity contribution in [3.63, 3.8) is 0 Å². The first-order valence-electron chi connectivity index (χ1n) is 13.1. The van der Waals surface area contributed by atoms with Crippen LogP contribution in [0.25, 0.3) is 0 Å². The zero-order valence-electron chi connectivity index (χ0n) is 19.7. The van der Waals surface area contributed by atoms with Crippen molar-refractivity contribution in [3.05, 3.63) is 0 Å². The molecule has 29 heavy (non-hydrogen) atoms. The van der Waals surface area contributed by atoms with Gasteiger partial charge in [0.15, 0.2) is 0 Å². The largest absolute Gasteiger partial charge is 0.396 e. The van der Waals surface area contributed by atoms with Gasteiger partial charge in [-0.25, -0.2) is 0 Å². The van der Waals surface area contributed by atoms with Gasteiger partial charge in [0.25, 0.3) is 0 Å². The molecule has 0 aromatic carbocycles. The van der Waals surface area contributed by atoms with Crippen LogP contribution in [0.1, 0.15) is 105 Å². The van der Waals surface area contributed by atoms with Crippen molar-refractivity contribution in [2.24, 2.45) is 52.3 Å². The first-order valence-corrected chi connectivity index (χ1v) is 13.1. The highest BCUT2D eigenvalue weighted by Gasteiger charge is 2.60. The normalized spacial score (nSPS) is 49.0. The lowest BCUT2D eigenvalue weighted by Gasteiger charge is -2.61. The minimum absolute atomic E-state index is 0.0243. The van der Waals surface area contributed by atoms with Crippen LogP contribution in [0.2, 0.25) is 0 Å². The van der Waals surface area contributed by atoms with Gasteiger partial charge >= 0.3 is 0 Å². The first kappa shape index (κ1) is 22.1. The molecule has 2 nitrogen and oxygen atoms in total. The van der Waals surface area contributed by atoms with E-state index in [0.29, 0.717) is 23.4 Å². The molecule has 0 saturated heterocycles. The lowest BCUT2D eigenvalue weighted by atomic mass is 9.44. The Hall–Kier alpha value is -0.0800. The Bertz CT molecular complexity index is 561. The van der Waals surface area contributed by atoms with Crippen molar-refractivity contribution in [2.45, 2.75) is 111 Å². The Morgan fingerprint density at radius 3 is 2.34 bits per heavy atom. The molecule has 0 radical (unpaired) electrons. The second-order valence-electron chi connectivity index (χ2n) is 12.5. The standard InChI is InChI=1S/C27H48O2/c1-18(17-28)6-5-7-19(2)23-10-11-24-22-9-8-20-16-21(29)12-14-26(20,3)25(22)13-15-27(23,24)4/h18-25,28-29H,5-17H2,1-4H3/t18?,19-,20?,21-,22+,23-,24+,25+,26+,27-/m1/s1. The van der Waals surface area contributed by atoms with Gasteiger partial charge in [-0.05, 0) is 116 Å². The van der Waals surface area contributed by atoms with E-state index in [0.717, 1.165) is 48.3 Å². The van der Waals surface area contributed by atoms with E-state index in [1.54, 1.807) is 0 Å². The molecule has 4 fully saturated rings. The van der Waals surface area contributed by atoms with Gasteiger partial charge in [0, 0.05) is 6.61 Å². The van der Waals surface area contributed by atoms with E-state index in [-0.39, 0.29) is 6.10 Å². The van der Waals surface area contributed by atoms with Crippen LogP contribution in [0.3, 0.4) is 0 Å². The average Bonchev–Trinajstić information content (AvgIpc) is 3.05. The van der Waals surface area contributed by atoms with E-state index < -0.39 is 0 Å². The highest BCUT2D eigenvalue weighted by molar-refractivity contribution is 5.09. The molecule has 0 heterocycles. The maximum Gasteiger partial charge on any atom is 0.0543 e. The third-order valence-corrected chi connectivity index (χ3v) is 11.1. The summed E-state index contributed by atoms with van der Waals surface area (Å²) in [6, 6.07) is 0. The van der Waals surface area contributed by atoms with E-state index >= 15 is 0 Å². The van der Waals surface area contributed by atoms with Crippen LogP contribution in [0.15, 0.2) is 0 Å². The number of rotatable bonds is 6. The third-order valence-electron chi connectivity index (χ3n) is 11.1. The molecule has 0 aliphatic heterocycles. The zero-order valence-corrected chi connectivity index (χ0v) is 19.7. The predicted molar refractivity (Wildman–Crippen MR) is 120 cm³/mol. The summed E-state index contributed by atoms with van der Waals surface area (Å²) < 4.78 is 0. The van der Waals surface area contributed by atoms with E-state index in [4.69, 9.17) is 0 Å². The summed E-state index contributed by atoms with van der Waals surface area (Å²) in [6.45, 7) is 10.4. The monoisotopic (exact) mass is 404 g/mol. The average molecular weight is 405 g/mol. The molecule has 2 unspecified atom stereocenters. The lowest BCUT2D eigenvalue weighted by Crippen LogP contribution is -2.54. The van der Waals surface area contributed by atoms with Crippen LogP contribution in [0.5, 0.6) is 0 Å². The second-order valence-corrected chi connectivity index (χ2v) is 12.5. The van der Waals surface area contributed by atoms with Gasteiger partial charge in [-0.3, -0.25) is 0 Å².